The predicted molar refractivity (Wildman–Crippen MR) is 74.6 cm³/mol. The fraction of sp³-hybridized carbons (Fsp3) is 0.867. The van der Waals surface area contributed by atoms with Crippen molar-refractivity contribution < 1.29 is 9.59 Å². The largest absolute Gasteiger partial charge is 0.369 e. The van der Waals surface area contributed by atoms with Crippen LogP contribution in [0.2, 0.25) is 0 Å². The van der Waals surface area contributed by atoms with E-state index in [1.807, 2.05) is 4.90 Å². The molecular weight excluding hydrogens is 240 g/mol. The van der Waals surface area contributed by atoms with Crippen LogP contribution in [-0.4, -0.2) is 35.7 Å². The summed E-state index contributed by atoms with van der Waals surface area (Å²) < 4.78 is 0. The zero-order valence-electron chi connectivity index (χ0n) is 11.8. The van der Waals surface area contributed by atoms with Crippen LogP contribution in [0.25, 0.3) is 0 Å². The second-order valence-electron chi connectivity index (χ2n) is 6.11. The number of ketones is 1. The highest BCUT2D eigenvalue weighted by molar-refractivity contribution is 5.84. The lowest BCUT2D eigenvalue weighted by Gasteiger charge is -2.29. The Kier molecular flexibility index (Phi) is 5.37. The molecule has 0 bridgehead atoms. The third-order valence-electron chi connectivity index (χ3n) is 4.62. The van der Waals surface area contributed by atoms with E-state index in [2.05, 4.69) is 0 Å². The van der Waals surface area contributed by atoms with Gasteiger partial charge in [-0.1, -0.05) is 32.1 Å². The Hall–Kier alpha value is -0.900. The van der Waals surface area contributed by atoms with Gasteiger partial charge in [0.2, 0.25) is 5.91 Å². The van der Waals surface area contributed by atoms with Crippen molar-refractivity contribution in [2.75, 3.05) is 13.1 Å². The lowest BCUT2D eigenvalue weighted by molar-refractivity contribution is -0.126. The first-order valence-electron chi connectivity index (χ1n) is 7.72. The van der Waals surface area contributed by atoms with E-state index in [-0.39, 0.29) is 18.4 Å². The van der Waals surface area contributed by atoms with Crippen molar-refractivity contribution in [2.24, 2.45) is 11.7 Å². The van der Waals surface area contributed by atoms with E-state index >= 15 is 0 Å². The first-order valence-corrected chi connectivity index (χ1v) is 7.72. The van der Waals surface area contributed by atoms with Crippen molar-refractivity contribution in [3.63, 3.8) is 0 Å². The third-order valence-corrected chi connectivity index (χ3v) is 4.62. The summed E-state index contributed by atoms with van der Waals surface area (Å²) in [5.74, 6) is 0.238. The Morgan fingerprint density at radius 3 is 2.05 bits per heavy atom. The number of primary amides is 1. The number of amides is 1. The van der Waals surface area contributed by atoms with Gasteiger partial charge in [0.05, 0.1) is 13.1 Å². The van der Waals surface area contributed by atoms with Crippen molar-refractivity contribution in [3.05, 3.63) is 0 Å². The molecule has 1 amide bonds. The molecule has 0 aromatic rings. The van der Waals surface area contributed by atoms with Crippen LogP contribution in [0, 0.1) is 5.92 Å². The number of Topliss-reactive ketones (excluding diaryl/α,β-unsaturated/α-hetero) is 1. The Labute approximate surface area is 115 Å². The smallest absolute Gasteiger partial charge is 0.231 e. The number of carbonyl (C=O) groups is 2. The molecule has 2 rings (SSSR count). The standard InChI is InChI=1S/C15H26N2O2/c16-15(19)11-17(13-8-4-5-9-13)10-14(18)12-6-2-1-3-7-12/h12-13H,1-11H2,(H2,16,19). The number of hydrogen-bond donors (Lipinski definition) is 1. The molecule has 2 saturated carbocycles. The highest BCUT2D eigenvalue weighted by Crippen LogP contribution is 2.27. The van der Waals surface area contributed by atoms with Crippen molar-refractivity contribution >= 4 is 11.7 Å². The molecule has 19 heavy (non-hydrogen) atoms. The van der Waals surface area contributed by atoms with Gasteiger partial charge in [0, 0.05) is 12.0 Å². The summed E-state index contributed by atoms with van der Waals surface area (Å²) in [4.78, 5) is 25.6. The summed E-state index contributed by atoms with van der Waals surface area (Å²) in [5.41, 5.74) is 5.32. The van der Waals surface area contributed by atoms with Crippen LogP contribution in [0.15, 0.2) is 0 Å². The zero-order chi connectivity index (χ0) is 13.7. The Bertz CT molecular complexity index is 318. The minimum absolute atomic E-state index is 0.227. The van der Waals surface area contributed by atoms with Crippen LogP contribution in [0.3, 0.4) is 0 Å². The molecule has 2 N–H and O–H groups in total. The summed E-state index contributed by atoms with van der Waals surface area (Å²) in [6.07, 6.45) is 10.3. The maximum atomic E-state index is 12.4. The molecule has 2 aliphatic rings. The molecule has 0 radical (unpaired) electrons. The van der Waals surface area contributed by atoms with Gasteiger partial charge in [-0.15, -0.1) is 0 Å². The molecule has 0 spiro atoms. The average molecular weight is 266 g/mol. The second-order valence-corrected chi connectivity index (χ2v) is 6.11. The maximum Gasteiger partial charge on any atom is 0.231 e. The van der Waals surface area contributed by atoms with Gasteiger partial charge in [-0.2, -0.15) is 0 Å². The van der Waals surface area contributed by atoms with Gasteiger partial charge < -0.3 is 5.73 Å². The van der Waals surface area contributed by atoms with Gasteiger partial charge in [0.1, 0.15) is 5.78 Å². The molecule has 2 aliphatic carbocycles. The second kappa shape index (κ2) is 7.04. The lowest BCUT2D eigenvalue weighted by atomic mass is 9.86. The Morgan fingerprint density at radius 2 is 1.47 bits per heavy atom. The SMILES string of the molecule is NC(=O)CN(CC(=O)C1CCCCC1)C1CCCC1. The molecule has 0 unspecified atom stereocenters. The van der Waals surface area contributed by atoms with Gasteiger partial charge in [0.25, 0.3) is 0 Å². The quantitative estimate of drug-likeness (QED) is 0.798. The average Bonchev–Trinajstić information content (AvgIpc) is 2.92. The van der Waals surface area contributed by atoms with Crippen LogP contribution in [0.4, 0.5) is 0 Å². The van der Waals surface area contributed by atoms with Gasteiger partial charge in [0.15, 0.2) is 0 Å². The van der Waals surface area contributed by atoms with Crippen molar-refractivity contribution in [2.45, 2.75) is 63.8 Å². The highest BCUT2D eigenvalue weighted by atomic mass is 16.1. The van der Waals surface area contributed by atoms with E-state index in [0.29, 0.717) is 18.4 Å². The van der Waals surface area contributed by atoms with E-state index in [1.54, 1.807) is 0 Å². The van der Waals surface area contributed by atoms with Crippen LogP contribution < -0.4 is 5.73 Å². The fourth-order valence-electron chi connectivity index (χ4n) is 3.54. The number of nitrogens with two attached hydrogens (primary N) is 1. The lowest BCUT2D eigenvalue weighted by Crippen LogP contribution is -2.44. The zero-order valence-corrected chi connectivity index (χ0v) is 11.8. The minimum Gasteiger partial charge on any atom is -0.369 e. The highest BCUT2D eigenvalue weighted by Gasteiger charge is 2.28. The molecule has 4 nitrogen and oxygen atoms in total. The molecule has 0 aliphatic heterocycles. The number of rotatable bonds is 6. The number of carbonyl (C=O) groups excluding carboxylic acids is 2. The van der Waals surface area contributed by atoms with Gasteiger partial charge in [-0.3, -0.25) is 14.5 Å². The van der Waals surface area contributed by atoms with Gasteiger partial charge >= 0.3 is 0 Å². The van der Waals surface area contributed by atoms with E-state index in [0.717, 1.165) is 25.7 Å². The van der Waals surface area contributed by atoms with Crippen LogP contribution in [0.5, 0.6) is 0 Å². The van der Waals surface area contributed by atoms with Crippen molar-refractivity contribution in [1.29, 1.82) is 0 Å². The van der Waals surface area contributed by atoms with Gasteiger partial charge in [-0.25, -0.2) is 0 Å². The summed E-state index contributed by atoms with van der Waals surface area (Å²) in [6, 6.07) is 0.389. The molecule has 0 heterocycles. The normalized spacial score (nSPS) is 21.9. The Morgan fingerprint density at radius 1 is 0.895 bits per heavy atom. The first kappa shape index (κ1) is 14.5. The van der Waals surface area contributed by atoms with Gasteiger partial charge in [-0.05, 0) is 25.7 Å². The van der Waals surface area contributed by atoms with E-state index in [4.69, 9.17) is 5.73 Å². The molecule has 108 valence electrons. The summed E-state index contributed by atoms with van der Waals surface area (Å²) in [7, 11) is 0. The third kappa shape index (κ3) is 4.30. The fourth-order valence-corrected chi connectivity index (χ4v) is 3.54. The molecule has 0 aromatic heterocycles. The van der Waals surface area contributed by atoms with Crippen molar-refractivity contribution in [1.82, 2.24) is 4.90 Å². The molecule has 0 saturated heterocycles. The topological polar surface area (TPSA) is 63.4 Å². The number of nitrogens with zero attached hydrogens (tertiary/aromatic N) is 1. The van der Waals surface area contributed by atoms with E-state index in [1.165, 1.54) is 32.1 Å². The number of hydrogen-bond acceptors (Lipinski definition) is 3. The summed E-state index contributed by atoms with van der Waals surface area (Å²) >= 11 is 0. The maximum absolute atomic E-state index is 12.4. The molecule has 4 heteroatoms. The van der Waals surface area contributed by atoms with Crippen LogP contribution >= 0.6 is 0 Å². The monoisotopic (exact) mass is 266 g/mol. The Balaban J connectivity index is 1.90. The van der Waals surface area contributed by atoms with Crippen LogP contribution in [0.1, 0.15) is 57.8 Å². The van der Waals surface area contributed by atoms with E-state index in [9.17, 15) is 9.59 Å². The van der Waals surface area contributed by atoms with Crippen molar-refractivity contribution in [3.8, 4) is 0 Å². The molecular formula is C15H26N2O2. The predicted octanol–water partition coefficient (Wildman–Crippen LogP) is 1.87. The molecule has 0 atom stereocenters. The van der Waals surface area contributed by atoms with E-state index < -0.39 is 0 Å². The molecule has 0 aromatic carbocycles. The first-order chi connectivity index (χ1) is 9.16. The minimum atomic E-state index is -0.316. The van der Waals surface area contributed by atoms with Crippen LogP contribution in [-0.2, 0) is 9.59 Å². The summed E-state index contributed by atoms with van der Waals surface area (Å²) in [6.45, 7) is 0.668. The summed E-state index contributed by atoms with van der Waals surface area (Å²) in [5, 5.41) is 0. The molecule has 2 fully saturated rings.